The molecule has 1 unspecified atom stereocenters. The van der Waals surface area contributed by atoms with Crippen molar-refractivity contribution in [2.24, 2.45) is 17.6 Å². The highest BCUT2D eigenvalue weighted by Gasteiger charge is 2.35. The van der Waals surface area contributed by atoms with E-state index in [9.17, 15) is 4.79 Å². The van der Waals surface area contributed by atoms with Gasteiger partial charge in [-0.05, 0) is 44.4 Å². The summed E-state index contributed by atoms with van der Waals surface area (Å²) in [6.07, 6.45) is 8.69. The van der Waals surface area contributed by atoms with Crippen molar-refractivity contribution in [2.45, 2.75) is 77.7 Å². The van der Waals surface area contributed by atoms with Crippen molar-refractivity contribution in [3.63, 3.8) is 0 Å². The predicted octanol–water partition coefficient (Wildman–Crippen LogP) is 3.23. The maximum Gasteiger partial charge on any atom is 0.223 e. The molecule has 19 heavy (non-hydrogen) atoms. The van der Waals surface area contributed by atoms with Crippen molar-refractivity contribution >= 4 is 5.91 Å². The molecule has 1 fully saturated rings. The highest BCUT2D eigenvalue weighted by Crippen LogP contribution is 2.31. The zero-order valence-corrected chi connectivity index (χ0v) is 13.0. The zero-order valence-electron chi connectivity index (χ0n) is 13.0. The van der Waals surface area contributed by atoms with Crippen molar-refractivity contribution in [3.8, 4) is 0 Å². The summed E-state index contributed by atoms with van der Waals surface area (Å²) >= 11 is 0. The van der Waals surface area contributed by atoms with Crippen molar-refractivity contribution in [1.82, 2.24) is 5.32 Å². The third-order valence-electron chi connectivity index (χ3n) is 4.78. The largest absolute Gasteiger partial charge is 0.349 e. The van der Waals surface area contributed by atoms with E-state index in [1.165, 1.54) is 12.8 Å². The Bertz CT molecular complexity index is 270. The van der Waals surface area contributed by atoms with Crippen LogP contribution in [-0.2, 0) is 4.79 Å². The van der Waals surface area contributed by atoms with Crippen LogP contribution in [-0.4, -0.2) is 18.0 Å². The molecular weight excluding hydrogens is 236 g/mol. The third-order valence-corrected chi connectivity index (χ3v) is 4.78. The second-order valence-electron chi connectivity index (χ2n) is 6.40. The molecule has 0 aliphatic heterocycles. The molecule has 0 spiro atoms. The maximum atomic E-state index is 12.4. The van der Waals surface area contributed by atoms with Gasteiger partial charge in [0.1, 0.15) is 0 Å². The Hall–Kier alpha value is -0.570. The van der Waals surface area contributed by atoms with Crippen LogP contribution in [0.5, 0.6) is 0 Å². The minimum Gasteiger partial charge on any atom is -0.349 e. The van der Waals surface area contributed by atoms with E-state index in [-0.39, 0.29) is 17.4 Å². The van der Waals surface area contributed by atoms with Crippen molar-refractivity contribution in [3.05, 3.63) is 0 Å². The number of hydrogen-bond donors (Lipinski definition) is 2. The molecule has 0 saturated heterocycles. The van der Waals surface area contributed by atoms with Crippen LogP contribution in [0.1, 0.15) is 72.1 Å². The number of carbonyl (C=O) groups excluding carboxylic acids is 1. The van der Waals surface area contributed by atoms with E-state index in [2.05, 4.69) is 26.1 Å². The van der Waals surface area contributed by atoms with Gasteiger partial charge in [0, 0.05) is 12.5 Å². The minimum atomic E-state index is -0.122. The van der Waals surface area contributed by atoms with Gasteiger partial charge < -0.3 is 11.1 Å². The Labute approximate surface area is 118 Å². The van der Waals surface area contributed by atoms with Gasteiger partial charge in [-0.25, -0.2) is 0 Å². The van der Waals surface area contributed by atoms with E-state index in [0.29, 0.717) is 6.54 Å². The molecule has 1 aliphatic rings. The number of amides is 1. The molecule has 3 N–H and O–H groups in total. The van der Waals surface area contributed by atoms with E-state index in [0.717, 1.165) is 44.4 Å². The Morgan fingerprint density at radius 2 is 2.00 bits per heavy atom. The maximum absolute atomic E-state index is 12.4. The summed E-state index contributed by atoms with van der Waals surface area (Å²) in [5.74, 6) is 1.18. The second kappa shape index (κ2) is 7.88. The molecule has 1 saturated carbocycles. The summed E-state index contributed by atoms with van der Waals surface area (Å²) in [6, 6.07) is 0. The van der Waals surface area contributed by atoms with Gasteiger partial charge >= 0.3 is 0 Å². The first kappa shape index (κ1) is 16.5. The molecule has 0 aromatic rings. The molecule has 0 radical (unpaired) electrons. The molecule has 1 amide bonds. The zero-order chi connectivity index (χ0) is 14.3. The van der Waals surface area contributed by atoms with Crippen LogP contribution in [0.3, 0.4) is 0 Å². The van der Waals surface area contributed by atoms with E-state index >= 15 is 0 Å². The smallest absolute Gasteiger partial charge is 0.223 e. The first-order valence-electron chi connectivity index (χ1n) is 8.09. The van der Waals surface area contributed by atoms with Gasteiger partial charge in [0.05, 0.1) is 5.54 Å². The number of hydrogen-bond acceptors (Lipinski definition) is 2. The van der Waals surface area contributed by atoms with Crippen LogP contribution in [0.2, 0.25) is 0 Å². The van der Waals surface area contributed by atoms with E-state index in [1.807, 2.05) is 0 Å². The summed E-state index contributed by atoms with van der Waals surface area (Å²) in [5, 5.41) is 3.30. The van der Waals surface area contributed by atoms with Gasteiger partial charge in [-0.3, -0.25) is 4.79 Å². The molecule has 3 nitrogen and oxygen atoms in total. The highest BCUT2D eigenvalue weighted by atomic mass is 16.2. The lowest BCUT2D eigenvalue weighted by molar-refractivity contribution is -0.127. The molecule has 0 aromatic heterocycles. The summed E-state index contributed by atoms with van der Waals surface area (Å²) in [5.41, 5.74) is 5.84. The van der Waals surface area contributed by atoms with Crippen molar-refractivity contribution in [2.75, 3.05) is 6.54 Å². The predicted molar refractivity (Wildman–Crippen MR) is 80.9 cm³/mol. The fourth-order valence-electron chi connectivity index (χ4n) is 3.03. The van der Waals surface area contributed by atoms with Gasteiger partial charge in [0.2, 0.25) is 5.91 Å². The van der Waals surface area contributed by atoms with Crippen molar-refractivity contribution < 1.29 is 4.79 Å². The van der Waals surface area contributed by atoms with Crippen LogP contribution in [0.15, 0.2) is 0 Å². The molecule has 1 aliphatic carbocycles. The molecular formula is C16H32N2O. The van der Waals surface area contributed by atoms with Gasteiger partial charge in [0.25, 0.3) is 0 Å². The molecule has 0 bridgehead atoms. The Morgan fingerprint density at radius 1 is 1.37 bits per heavy atom. The van der Waals surface area contributed by atoms with Gasteiger partial charge in [-0.2, -0.15) is 0 Å². The van der Waals surface area contributed by atoms with Crippen LogP contribution in [0.25, 0.3) is 0 Å². The lowest BCUT2D eigenvalue weighted by Gasteiger charge is -2.40. The Morgan fingerprint density at radius 3 is 2.47 bits per heavy atom. The minimum absolute atomic E-state index is 0.122. The van der Waals surface area contributed by atoms with E-state index in [4.69, 9.17) is 5.73 Å². The number of rotatable bonds is 7. The average Bonchev–Trinajstić information content (AvgIpc) is 2.42. The molecule has 1 atom stereocenters. The SMILES string of the molecule is CCCCC(CC)C(=O)NC1(CN)CCC(C)CC1. The molecule has 0 aromatic carbocycles. The lowest BCUT2D eigenvalue weighted by Crippen LogP contribution is -2.56. The first-order valence-corrected chi connectivity index (χ1v) is 8.09. The lowest BCUT2D eigenvalue weighted by atomic mass is 9.76. The number of carbonyl (C=O) groups is 1. The van der Waals surface area contributed by atoms with Crippen LogP contribution in [0, 0.1) is 11.8 Å². The number of nitrogens with one attached hydrogen (secondary N) is 1. The summed E-state index contributed by atoms with van der Waals surface area (Å²) in [4.78, 5) is 12.4. The molecule has 112 valence electrons. The van der Waals surface area contributed by atoms with E-state index < -0.39 is 0 Å². The highest BCUT2D eigenvalue weighted by molar-refractivity contribution is 5.79. The summed E-state index contributed by atoms with van der Waals surface area (Å²) in [7, 11) is 0. The molecule has 3 heteroatoms. The first-order chi connectivity index (χ1) is 9.06. The normalized spacial score (nSPS) is 28.9. The van der Waals surface area contributed by atoms with Gasteiger partial charge in [0.15, 0.2) is 0 Å². The fraction of sp³-hybridized carbons (Fsp3) is 0.938. The number of nitrogens with two attached hydrogens (primary N) is 1. The molecule has 0 heterocycles. The summed E-state index contributed by atoms with van der Waals surface area (Å²) in [6.45, 7) is 7.15. The van der Waals surface area contributed by atoms with Crippen LogP contribution < -0.4 is 11.1 Å². The standard InChI is InChI=1S/C16H32N2O/c1-4-6-7-14(5-2)15(19)18-16(12-17)10-8-13(3)9-11-16/h13-14H,4-12,17H2,1-3H3,(H,18,19). The van der Waals surface area contributed by atoms with Gasteiger partial charge in [-0.1, -0.05) is 33.6 Å². The van der Waals surface area contributed by atoms with Gasteiger partial charge in [-0.15, -0.1) is 0 Å². The second-order valence-corrected chi connectivity index (χ2v) is 6.40. The van der Waals surface area contributed by atoms with E-state index in [1.54, 1.807) is 0 Å². The monoisotopic (exact) mass is 268 g/mol. The van der Waals surface area contributed by atoms with Crippen molar-refractivity contribution in [1.29, 1.82) is 0 Å². The number of unbranched alkanes of at least 4 members (excludes halogenated alkanes) is 1. The Kier molecular flexibility index (Phi) is 6.84. The molecule has 1 rings (SSSR count). The Balaban J connectivity index is 2.56. The fourth-order valence-corrected chi connectivity index (χ4v) is 3.03. The quantitative estimate of drug-likeness (QED) is 0.745. The topological polar surface area (TPSA) is 55.1 Å². The van der Waals surface area contributed by atoms with Crippen LogP contribution >= 0.6 is 0 Å². The van der Waals surface area contributed by atoms with Crippen LogP contribution in [0.4, 0.5) is 0 Å². The third kappa shape index (κ3) is 4.79. The average molecular weight is 268 g/mol. The summed E-state index contributed by atoms with van der Waals surface area (Å²) < 4.78 is 0.